The predicted octanol–water partition coefficient (Wildman–Crippen LogP) is 2.25. The van der Waals surface area contributed by atoms with Gasteiger partial charge in [-0.15, -0.1) is 0 Å². The molecule has 2 heterocycles. The van der Waals surface area contributed by atoms with Gasteiger partial charge in [-0.2, -0.15) is 0 Å². The molecule has 1 aromatic heterocycles. The number of aromatic nitrogens is 2. The van der Waals surface area contributed by atoms with Crippen LogP contribution in [0.4, 0.5) is 0 Å². The molecule has 11 nitrogen and oxygen atoms in total. The Balaban J connectivity index is 1.79. The Labute approximate surface area is 183 Å². The molecular formula is C20H25N2O9P. The lowest BCUT2D eigenvalue weighted by atomic mass is 10.2. The van der Waals surface area contributed by atoms with E-state index in [0.717, 1.165) is 10.6 Å². The van der Waals surface area contributed by atoms with Crippen LogP contribution in [-0.4, -0.2) is 47.5 Å². The van der Waals surface area contributed by atoms with Crippen molar-refractivity contribution < 1.29 is 32.6 Å². The summed E-state index contributed by atoms with van der Waals surface area (Å²) in [5, 5.41) is 0. The summed E-state index contributed by atoms with van der Waals surface area (Å²) >= 11 is 0. The Hall–Kier alpha value is -2.56. The first-order chi connectivity index (χ1) is 15.3. The number of hydrogen-bond acceptors (Lipinski definition) is 9. The second kappa shape index (κ2) is 10.8. The van der Waals surface area contributed by atoms with Crippen LogP contribution in [0.3, 0.4) is 0 Å². The summed E-state index contributed by atoms with van der Waals surface area (Å²) < 4.78 is 41.1. The molecule has 0 saturated carbocycles. The molecule has 1 aromatic carbocycles. The molecule has 0 amide bonds. The van der Waals surface area contributed by atoms with Crippen molar-refractivity contribution in [2.75, 3.05) is 19.6 Å². The minimum atomic E-state index is -3.50. The van der Waals surface area contributed by atoms with Crippen molar-refractivity contribution in [3.8, 4) is 0 Å². The summed E-state index contributed by atoms with van der Waals surface area (Å²) in [6, 6.07) is 9.47. The van der Waals surface area contributed by atoms with E-state index in [9.17, 15) is 18.9 Å². The smallest absolute Gasteiger partial charge is 0.356 e. The summed E-state index contributed by atoms with van der Waals surface area (Å²) in [4.78, 5) is 38.4. The number of nitrogens with one attached hydrogen (secondary N) is 1. The zero-order valence-corrected chi connectivity index (χ0v) is 18.6. The Morgan fingerprint density at radius 2 is 1.84 bits per heavy atom. The number of rotatable bonds is 10. The number of nitrogens with zero attached hydrogens (tertiary/aromatic N) is 1. The van der Waals surface area contributed by atoms with Gasteiger partial charge in [0, 0.05) is 18.7 Å². The summed E-state index contributed by atoms with van der Waals surface area (Å²) in [6.07, 6.45) is -2.06. The third-order valence-corrected chi connectivity index (χ3v) is 6.27. The van der Waals surface area contributed by atoms with E-state index in [1.807, 2.05) is 0 Å². The van der Waals surface area contributed by atoms with Crippen LogP contribution in [0.1, 0.15) is 36.9 Å². The Morgan fingerprint density at radius 3 is 2.47 bits per heavy atom. The van der Waals surface area contributed by atoms with Crippen LogP contribution in [0.2, 0.25) is 0 Å². The minimum absolute atomic E-state index is 0.0487. The summed E-state index contributed by atoms with van der Waals surface area (Å²) in [6.45, 7) is 3.68. The Bertz CT molecular complexity index is 1060. The highest BCUT2D eigenvalue weighted by molar-refractivity contribution is 7.53. The largest absolute Gasteiger partial charge is 0.454 e. The summed E-state index contributed by atoms with van der Waals surface area (Å²) in [7, 11) is -3.50. The number of aromatic amines is 1. The van der Waals surface area contributed by atoms with E-state index in [0.29, 0.717) is 5.56 Å². The van der Waals surface area contributed by atoms with E-state index in [-0.39, 0.29) is 26.0 Å². The average molecular weight is 468 g/mol. The van der Waals surface area contributed by atoms with Gasteiger partial charge >= 0.3 is 19.3 Å². The van der Waals surface area contributed by atoms with Crippen molar-refractivity contribution in [1.82, 2.24) is 9.55 Å². The van der Waals surface area contributed by atoms with Crippen LogP contribution in [0.5, 0.6) is 0 Å². The van der Waals surface area contributed by atoms with Crippen LogP contribution in [0, 0.1) is 0 Å². The second-order valence-electron chi connectivity index (χ2n) is 6.76. The zero-order chi connectivity index (χ0) is 23.1. The molecule has 0 aliphatic carbocycles. The maximum absolute atomic E-state index is 12.7. The molecule has 0 bridgehead atoms. The molecule has 0 spiro atoms. The number of carbonyl (C=O) groups is 1. The van der Waals surface area contributed by atoms with Gasteiger partial charge in [-0.05, 0) is 26.0 Å². The van der Waals surface area contributed by atoms with Gasteiger partial charge < -0.3 is 23.3 Å². The molecule has 3 atom stereocenters. The van der Waals surface area contributed by atoms with E-state index < -0.39 is 43.4 Å². The number of benzene rings is 1. The number of esters is 1. The van der Waals surface area contributed by atoms with E-state index in [1.165, 1.54) is 6.20 Å². The van der Waals surface area contributed by atoms with Crippen molar-refractivity contribution in [2.45, 2.75) is 38.9 Å². The van der Waals surface area contributed by atoms with Gasteiger partial charge in [-0.25, -0.2) is 9.59 Å². The molecule has 1 N–H and O–H groups in total. The SMILES string of the molecule is CCOP(=O)(CO[C@@H]1CC(OC(=O)c2ccccc2)[C@H](n2ccc(=O)[nH]c2=O)O1)OCC. The lowest BCUT2D eigenvalue weighted by Crippen LogP contribution is -2.36. The molecule has 1 saturated heterocycles. The van der Waals surface area contributed by atoms with Gasteiger partial charge in [0.25, 0.3) is 5.56 Å². The first-order valence-electron chi connectivity index (χ1n) is 10.1. The predicted molar refractivity (Wildman–Crippen MR) is 112 cm³/mol. The van der Waals surface area contributed by atoms with Crippen LogP contribution in [-0.2, 0) is 27.8 Å². The third-order valence-electron chi connectivity index (χ3n) is 4.50. The fraction of sp³-hybridized carbons (Fsp3) is 0.450. The topological polar surface area (TPSA) is 135 Å². The standard InChI is InChI=1S/C20H25N2O9P/c1-3-28-32(26,29-4-2)13-27-17-12-15(30-19(24)14-8-6-5-7-9-14)18(31-17)22-11-10-16(23)21-20(22)25/h5-11,15,17-18H,3-4,12-13H2,1-2H3,(H,21,23,25)/t15?,17-,18+/m0/s1. The van der Waals surface area contributed by atoms with Gasteiger partial charge in [-0.3, -0.25) is 18.9 Å². The zero-order valence-electron chi connectivity index (χ0n) is 17.7. The number of carbonyl (C=O) groups excluding carboxylic acids is 1. The highest BCUT2D eigenvalue weighted by atomic mass is 31.2. The lowest BCUT2D eigenvalue weighted by Gasteiger charge is -2.21. The van der Waals surface area contributed by atoms with Crippen LogP contribution >= 0.6 is 7.60 Å². The summed E-state index contributed by atoms with van der Waals surface area (Å²) in [5.74, 6) is -0.614. The van der Waals surface area contributed by atoms with Gasteiger partial charge in [0.2, 0.25) is 0 Å². The van der Waals surface area contributed by atoms with E-state index in [2.05, 4.69) is 4.98 Å². The van der Waals surface area contributed by atoms with Crippen molar-refractivity contribution in [1.29, 1.82) is 0 Å². The lowest BCUT2D eigenvalue weighted by molar-refractivity contribution is -0.148. The van der Waals surface area contributed by atoms with E-state index in [4.69, 9.17) is 23.3 Å². The fourth-order valence-corrected chi connectivity index (χ4v) is 4.51. The average Bonchev–Trinajstić information content (AvgIpc) is 3.16. The molecule has 12 heteroatoms. The maximum Gasteiger partial charge on any atom is 0.356 e. The normalized spacial score (nSPS) is 20.9. The molecule has 174 valence electrons. The molecule has 1 unspecified atom stereocenters. The third kappa shape index (κ3) is 6.02. The van der Waals surface area contributed by atoms with E-state index in [1.54, 1.807) is 44.2 Å². The van der Waals surface area contributed by atoms with E-state index >= 15 is 0 Å². The van der Waals surface area contributed by atoms with Crippen molar-refractivity contribution in [3.05, 3.63) is 69.0 Å². The molecule has 1 aliphatic heterocycles. The highest BCUT2D eigenvalue weighted by Gasteiger charge is 2.41. The Kier molecular flexibility index (Phi) is 8.16. The minimum Gasteiger partial charge on any atom is -0.454 e. The van der Waals surface area contributed by atoms with Gasteiger partial charge in [0.15, 0.2) is 25.0 Å². The van der Waals surface area contributed by atoms with Gasteiger partial charge in [0.05, 0.1) is 18.8 Å². The molecule has 1 fully saturated rings. The first kappa shape index (κ1) is 24.1. The van der Waals surface area contributed by atoms with Gasteiger partial charge in [-0.1, -0.05) is 18.2 Å². The molecule has 0 radical (unpaired) electrons. The van der Waals surface area contributed by atoms with Crippen molar-refractivity contribution in [2.24, 2.45) is 0 Å². The molecule has 1 aliphatic rings. The molecule has 3 rings (SSSR count). The molecular weight excluding hydrogens is 443 g/mol. The molecule has 2 aromatic rings. The summed E-state index contributed by atoms with van der Waals surface area (Å²) in [5.41, 5.74) is -0.996. The monoisotopic (exact) mass is 468 g/mol. The maximum atomic E-state index is 12.7. The quantitative estimate of drug-likeness (QED) is 0.411. The second-order valence-corrected chi connectivity index (χ2v) is 8.76. The number of hydrogen-bond donors (Lipinski definition) is 1. The molecule has 32 heavy (non-hydrogen) atoms. The highest BCUT2D eigenvalue weighted by Crippen LogP contribution is 2.48. The first-order valence-corrected chi connectivity index (χ1v) is 11.8. The van der Waals surface area contributed by atoms with Crippen LogP contribution in [0.25, 0.3) is 0 Å². The van der Waals surface area contributed by atoms with Crippen LogP contribution in [0.15, 0.2) is 52.2 Å². The van der Waals surface area contributed by atoms with Crippen molar-refractivity contribution in [3.63, 3.8) is 0 Å². The van der Waals surface area contributed by atoms with Crippen molar-refractivity contribution >= 4 is 13.6 Å². The fourth-order valence-electron chi connectivity index (χ4n) is 3.15. The Morgan fingerprint density at radius 1 is 1.16 bits per heavy atom. The number of ether oxygens (including phenoxy) is 3. The number of H-pyrrole nitrogens is 1. The van der Waals surface area contributed by atoms with Gasteiger partial charge in [0.1, 0.15) is 0 Å². The van der Waals surface area contributed by atoms with Crippen LogP contribution < -0.4 is 11.2 Å².